The molecule has 22 nitrogen and oxygen atoms in total. The Balaban J connectivity index is 1.46. The van der Waals surface area contributed by atoms with Gasteiger partial charge in [-0.2, -0.15) is 0 Å². The molecule has 56 heavy (non-hydrogen) atoms. The highest BCUT2D eigenvalue weighted by Gasteiger charge is 2.53. The second kappa shape index (κ2) is 13.9. The van der Waals surface area contributed by atoms with Gasteiger partial charge in [-0.25, -0.2) is 19.2 Å². The van der Waals surface area contributed by atoms with Crippen LogP contribution < -0.4 is 0 Å². The number of fused-ring (bicyclic) bond motifs is 4. The van der Waals surface area contributed by atoms with Gasteiger partial charge in [0.15, 0.2) is 63.6 Å². The molecule has 1 fully saturated rings. The van der Waals surface area contributed by atoms with Crippen LogP contribution in [0.5, 0.6) is 69.0 Å². The Morgan fingerprint density at radius 2 is 0.929 bits per heavy atom. The molecule has 5 atom stereocenters. The van der Waals surface area contributed by atoms with Gasteiger partial charge in [0.25, 0.3) is 0 Å². The van der Waals surface area contributed by atoms with Crippen LogP contribution >= 0.6 is 0 Å². The highest BCUT2D eigenvalue weighted by Crippen LogP contribution is 2.53. The summed E-state index contributed by atoms with van der Waals surface area (Å²) >= 11 is 0. The zero-order chi connectivity index (χ0) is 41.1. The van der Waals surface area contributed by atoms with Gasteiger partial charge in [-0.3, -0.25) is 0 Å². The van der Waals surface area contributed by atoms with E-state index in [4.69, 9.17) is 23.7 Å². The zero-order valence-corrected chi connectivity index (χ0v) is 27.5. The third-order valence-corrected chi connectivity index (χ3v) is 8.52. The van der Waals surface area contributed by atoms with Gasteiger partial charge in [-0.15, -0.1) is 0 Å². The highest BCUT2D eigenvalue weighted by molar-refractivity contribution is 6.08. The molecule has 0 saturated carbocycles. The fourth-order valence-corrected chi connectivity index (χ4v) is 5.73. The molecule has 13 N–H and O–H groups in total. The molecule has 0 bridgehead atoms. The summed E-state index contributed by atoms with van der Waals surface area (Å²) in [5.41, 5.74) is -5.14. The largest absolute Gasteiger partial charge is 0.504 e. The smallest absolute Gasteiger partial charge is 0.340 e. The molecule has 0 amide bonds. The van der Waals surface area contributed by atoms with Gasteiger partial charge < -0.3 is 90.1 Å². The van der Waals surface area contributed by atoms with Crippen molar-refractivity contribution in [1.82, 2.24) is 0 Å². The zero-order valence-electron chi connectivity index (χ0n) is 27.5. The maximum atomic E-state index is 13.9. The first-order valence-electron chi connectivity index (χ1n) is 15.5. The molecule has 4 aromatic carbocycles. The first-order valence-corrected chi connectivity index (χ1v) is 15.5. The molecule has 2 aliphatic heterocycles. The molecule has 2 heterocycles. The Kier molecular flexibility index (Phi) is 9.45. The van der Waals surface area contributed by atoms with E-state index in [1.807, 2.05) is 0 Å². The molecule has 5 unspecified atom stereocenters. The van der Waals surface area contributed by atoms with Crippen molar-refractivity contribution in [2.45, 2.75) is 30.7 Å². The van der Waals surface area contributed by atoms with Crippen LogP contribution in [0.25, 0.3) is 11.1 Å². The van der Waals surface area contributed by atoms with Gasteiger partial charge >= 0.3 is 23.9 Å². The molecular formula is C34H26O22. The minimum absolute atomic E-state index is 0.478. The van der Waals surface area contributed by atoms with Gasteiger partial charge in [0, 0.05) is 11.1 Å². The van der Waals surface area contributed by atoms with Crippen molar-refractivity contribution >= 4 is 23.9 Å². The van der Waals surface area contributed by atoms with Crippen LogP contribution in [0.15, 0.2) is 36.4 Å². The number of aliphatic hydroxyl groups excluding tert-OH is 1. The van der Waals surface area contributed by atoms with Crippen molar-refractivity contribution in [3.8, 4) is 80.1 Å². The van der Waals surface area contributed by atoms with Crippen LogP contribution in [0.3, 0.4) is 0 Å². The Hall–Kier alpha value is -7.72. The van der Waals surface area contributed by atoms with Gasteiger partial charge in [0.2, 0.25) is 23.9 Å². The lowest BCUT2D eigenvalue weighted by molar-refractivity contribution is -0.283. The van der Waals surface area contributed by atoms with E-state index in [1.165, 1.54) is 0 Å². The number of rotatable bonds is 5. The van der Waals surface area contributed by atoms with Crippen molar-refractivity contribution in [1.29, 1.82) is 0 Å². The van der Waals surface area contributed by atoms with Crippen molar-refractivity contribution in [3.05, 3.63) is 58.7 Å². The summed E-state index contributed by atoms with van der Waals surface area (Å²) in [5.74, 6) is -19.8. The number of esters is 4. The van der Waals surface area contributed by atoms with Crippen LogP contribution in [0.1, 0.15) is 41.4 Å². The third-order valence-electron chi connectivity index (χ3n) is 8.52. The van der Waals surface area contributed by atoms with Crippen molar-refractivity contribution in [2.75, 3.05) is 6.61 Å². The van der Waals surface area contributed by atoms with E-state index in [0.29, 0.717) is 36.4 Å². The fourth-order valence-electron chi connectivity index (χ4n) is 5.73. The van der Waals surface area contributed by atoms with Crippen molar-refractivity contribution in [3.63, 3.8) is 0 Å². The Bertz CT molecular complexity index is 2290. The topological polar surface area (TPSA) is 377 Å². The number of hydrogen-bond acceptors (Lipinski definition) is 22. The minimum atomic E-state index is -2.35. The molecular weight excluding hydrogens is 760 g/mol. The SMILES string of the molecule is O=C(OCC1OC(OC(=O)c2cc(O)c(O)c(O)c2)C2OC(=O)c3cc(O)c(O)c(O)c3-c3c(cc(O)c(O)c3O)C(=O)OC2C1O)c1cc(O)c(O)c(O)c1. The van der Waals surface area contributed by atoms with Crippen LogP contribution in [0.4, 0.5) is 0 Å². The molecule has 1 saturated heterocycles. The Labute approximate surface area is 309 Å². The molecule has 0 aromatic heterocycles. The summed E-state index contributed by atoms with van der Waals surface area (Å²) in [5, 5.41) is 133. The van der Waals surface area contributed by atoms with E-state index in [9.17, 15) is 85.6 Å². The van der Waals surface area contributed by atoms with Gasteiger partial charge in [-0.1, -0.05) is 0 Å². The molecule has 4 aromatic rings. The van der Waals surface area contributed by atoms with Gasteiger partial charge in [0.1, 0.15) is 18.8 Å². The summed E-state index contributed by atoms with van der Waals surface area (Å²) in [6.45, 7) is -1.05. The summed E-state index contributed by atoms with van der Waals surface area (Å²) in [6, 6.07) is 3.58. The van der Waals surface area contributed by atoms with E-state index in [2.05, 4.69) is 0 Å². The van der Waals surface area contributed by atoms with Gasteiger partial charge in [-0.05, 0) is 36.4 Å². The Morgan fingerprint density at radius 1 is 0.536 bits per heavy atom. The lowest BCUT2D eigenvalue weighted by atomic mass is 9.91. The first kappa shape index (κ1) is 38.0. The van der Waals surface area contributed by atoms with E-state index >= 15 is 0 Å². The predicted molar refractivity (Wildman–Crippen MR) is 174 cm³/mol. The van der Waals surface area contributed by atoms with Crippen LogP contribution in [0, 0.1) is 0 Å². The summed E-state index contributed by atoms with van der Waals surface area (Å²) in [4.78, 5) is 53.8. The van der Waals surface area contributed by atoms with Crippen LogP contribution in [-0.4, -0.2) is 128 Å². The second-order valence-corrected chi connectivity index (χ2v) is 12.0. The number of carbonyl (C=O) groups excluding carboxylic acids is 4. The quantitative estimate of drug-likeness (QED) is 0.0751. The number of phenolic OH excluding ortho intramolecular Hbond substituents is 12. The number of ether oxygens (including phenoxy) is 5. The highest BCUT2D eigenvalue weighted by atomic mass is 16.7. The first-order chi connectivity index (χ1) is 26.3. The molecule has 2 aliphatic rings. The number of carbonyl (C=O) groups is 4. The maximum absolute atomic E-state index is 13.9. The van der Waals surface area contributed by atoms with E-state index < -0.39 is 164 Å². The van der Waals surface area contributed by atoms with Crippen LogP contribution in [-0.2, 0) is 23.7 Å². The van der Waals surface area contributed by atoms with Crippen molar-refractivity contribution in [2.24, 2.45) is 0 Å². The molecule has 6 rings (SSSR count). The number of hydrogen-bond donors (Lipinski definition) is 13. The number of phenols is 12. The summed E-state index contributed by atoms with van der Waals surface area (Å²) in [7, 11) is 0. The van der Waals surface area contributed by atoms with Crippen LogP contribution in [0.2, 0.25) is 0 Å². The fraction of sp³-hybridized carbons (Fsp3) is 0.176. The van der Waals surface area contributed by atoms with E-state index in [-0.39, 0.29) is 0 Å². The predicted octanol–water partition coefficient (Wildman–Crippen LogP) is 0.685. The lowest BCUT2D eigenvalue weighted by Gasteiger charge is -2.43. The lowest BCUT2D eigenvalue weighted by Crippen LogP contribution is -2.62. The van der Waals surface area contributed by atoms with Crippen molar-refractivity contribution < 1.29 is 109 Å². The monoisotopic (exact) mass is 786 g/mol. The summed E-state index contributed by atoms with van der Waals surface area (Å²) < 4.78 is 26.9. The summed E-state index contributed by atoms with van der Waals surface area (Å²) in [6.07, 6.45) is -11.1. The molecule has 294 valence electrons. The third kappa shape index (κ3) is 6.45. The normalized spacial score (nSPS) is 20.3. The average Bonchev–Trinajstić information content (AvgIpc) is 3.14. The number of aromatic hydroxyl groups is 12. The second-order valence-electron chi connectivity index (χ2n) is 12.0. The standard InChI is InChI=1S/C34H26O22/c35-12-1-8(2-13(36)21(12)41)30(48)52-7-18-25(45)28-29(34(53-18)56-31(49)9-3-14(37)22(42)15(38)4-9)55-33(51)11-6-17(40)24(44)27(47)20(11)19-10(32(50)54-28)5-16(39)23(43)26(19)46/h1-6,18,25,28-29,34-47H,7H2. The molecule has 0 aliphatic carbocycles. The molecule has 0 radical (unpaired) electrons. The molecule has 0 spiro atoms. The van der Waals surface area contributed by atoms with E-state index in [1.54, 1.807) is 0 Å². The molecule has 22 heteroatoms. The maximum Gasteiger partial charge on any atom is 0.340 e. The van der Waals surface area contributed by atoms with E-state index in [0.717, 1.165) is 0 Å². The number of benzene rings is 4. The number of aliphatic hydroxyl groups is 1. The minimum Gasteiger partial charge on any atom is -0.504 e. The average molecular weight is 787 g/mol. The van der Waals surface area contributed by atoms with Gasteiger partial charge in [0.05, 0.1) is 22.3 Å². The Morgan fingerprint density at radius 3 is 1.38 bits per heavy atom.